The average Bonchev–Trinajstić information content (AvgIpc) is 2.77. The van der Waals surface area contributed by atoms with Crippen molar-refractivity contribution in [2.75, 3.05) is 17.5 Å². The zero-order valence-corrected chi connectivity index (χ0v) is 19.6. The van der Waals surface area contributed by atoms with Crippen LogP contribution in [0.15, 0.2) is 77.7 Å². The molecule has 0 atom stereocenters. The molecule has 1 N–H and O–H groups in total. The van der Waals surface area contributed by atoms with E-state index in [-0.39, 0.29) is 27.2 Å². The molecule has 0 aliphatic heterocycles. The van der Waals surface area contributed by atoms with Gasteiger partial charge in [-0.05, 0) is 43.3 Å². The summed E-state index contributed by atoms with van der Waals surface area (Å²) in [5, 5.41) is 3.27. The van der Waals surface area contributed by atoms with Gasteiger partial charge in [0.1, 0.15) is 12.3 Å². The Morgan fingerprint density at radius 2 is 1.59 bits per heavy atom. The van der Waals surface area contributed by atoms with Gasteiger partial charge < -0.3 is 10.1 Å². The maximum Gasteiger partial charge on any atom is 0.264 e. The number of halogens is 2. The number of amides is 1. The highest BCUT2D eigenvalue weighted by Gasteiger charge is 2.27. The summed E-state index contributed by atoms with van der Waals surface area (Å²) in [6.45, 7) is 2.09. The Morgan fingerprint density at radius 3 is 2.25 bits per heavy atom. The molecule has 32 heavy (non-hydrogen) atoms. The molecule has 6 nitrogen and oxygen atoms in total. The molecule has 168 valence electrons. The number of anilines is 1. The van der Waals surface area contributed by atoms with E-state index in [0.717, 1.165) is 9.87 Å². The lowest BCUT2D eigenvalue weighted by atomic mass is 10.2. The van der Waals surface area contributed by atoms with E-state index in [1.165, 1.54) is 30.3 Å². The molecule has 0 aromatic heterocycles. The Labute approximate surface area is 197 Å². The standard InChI is InChI=1S/C23H22Cl2N2O4S/c1-2-31-22-11-7-6-8-17(22)15-26-23(28)16-27(20-13-18(24)12-19(25)14-20)32(29,30)21-9-4-3-5-10-21/h3-14H,2,15-16H2,1H3,(H,26,28). The van der Waals surface area contributed by atoms with Crippen molar-refractivity contribution in [1.82, 2.24) is 5.32 Å². The maximum atomic E-state index is 13.3. The van der Waals surface area contributed by atoms with E-state index in [1.54, 1.807) is 18.2 Å². The van der Waals surface area contributed by atoms with Crippen LogP contribution in [0.25, 0.3) is 0 Å². The topological polar surface area (TPSA) is 75.7 Å². The van der Waals surface area contributed by atoms with Gasteiger partial charge in [-0.25, -0.2) is 8.42 Å². The van der Waals surface area contributed by atoms with Gasteiger partial charge in [-0.15, -0.1) is 0 Å². The number of nitrogens with one attached hydrogen (secondary N) is 1. The molecule has 0 aliphatic carbocycles. The summed E-state index contributed by atoms with van der Waals surface area (Å²) in [5.74, 6) is 0.164. The average molecular weight is 493 g/mol. The first-order valence-corrected chi connectivity index (χ1v) is 12.0. The molecule has 0 spiro atoms. The van der Waals surface area contributed by atoms with E-state index in [0.29, 0.717) is 12.4 Å². The predicted molar refractivity (Wildman–Crippen MR) is 127 cm³/mol. The molecule has 0 fully saturated rings. The summed E-state index contributed by atoms with van der Waals surface area (Å²) in [6, 6.07) is 19.6. The fourth-order valence-electron chi connectivity index (χ4n) is 3.04. The van der Waals surface area contributed by atoms with E-state index in [2.05, 4.69) is 5.32 Å². The minimum absolute atomic E-state index is 0.0468. The minimum atomic E-state index is -4.05. The lowest BCUT2D eigenvalue weighted by molar-refractivity contribution is -0.119. The lowest BCUT2D eigenvalue weighted by Crippen LogP contribution is -2.40. The number of carbonyl (C=O) groups excluding carboxylic acids is 1. The minimum Gasteiger partial charge on any atom is -0.494 e. The summed E-state index contributed by atoms with van der Waals surface area (Å²) in [5.41, 5.74) is 0.974. The number of rotatable bonds is 9. The first-order chi connectivity index (χ1) is 15.3. The maximum absolute atomic E-state index is 13.3. The van der Waals surface area contributed by atoms with Crippen LogP contribution in [0, 0.1) is 0 Å². The van der Waals surface area contributed by atoms with Crippen molar-refractivity contribution in [3.8, 4) is 5.75 Å². The van der Waals surface area contributed by atoms with Gasteiger partial charge in [0, 0.05) is 22.2 Å². The van der Waals surface area contributed by atoms with Crippen LogP contribution in [-0.2, 0) is 21.4 Å². The van der Waals surface area contributed by atoms with Crippen molar-refractivity contribution in [3.05, 3.63) is 88.4 Å². The molecule has 3 aromatic rings. The Hall–Kier alpha value is -2.74. The van der Waals surface area contributed by atoms with Gasteiger partial charge in [-0.1, -0.05) is 59.6 Å². The molecule has 0 unspecified atom stereocenters. The molecular weight excluding hydrogens is 471 g/mol. The van der Waals surface area contributed by atoms with Crippen LogP contribution in [0.4, 0.5) is 5.69 Å². The Morgan fingerprint density at radius 1 is 0.969 bits per heavy atom. The summed E-state index contributed by atoms with van der Waals surface area (Å²) >= 11 is 12.2. The summed E-state index contributed by atoms with van der Waals surface area (Å²) in [6.07, 6.45) is 0. The Balaban J connectivity index is 1.87. The fraction of sp³-hybridized carbons (Fsp3) is 0.174. The van der Waals surface area contributed by atoms with E-state index < -0.39 is 22.5 Å². The highest BCUT2D eigenvalue weighted by atomic mass is 35.5. The van der Waals surface area contributed by atoms with Crippen molar-refractivity contribution < 1.29 is 17.9 Å². The first kappa shape index (κ1) is 23.9. The van der Waals surface area contributed by atoms with Crippen molar-refractivity contribution in [3.63, 3.8) is 0 Å². The molecule has 0 radical (unpaired) electrons. The molecular formula is C23H22Cl2N2O4S. The normalized spacial score (nSPS) is 11.1. The number of hydrogen-bond acceptors (Lipinski definition) is 4. The highest BCUT2D eigenvalue weighted by molar-refractivity contribution is 7.92. The van der Waals surface area contributed by atoms with Gasteiger partial charge in [0.05, 0.1) is 17.2 Å². The van der Waals surface area contributed by atoms with Crippen molar-refractivity contribution in [2.24, 2.45) is 0 Å². The zero-order chi connectivity index (χ0) is 23.1. The third-order valence-corrected chi connectivity index (χ3v) is 6.73. The van der Waals surface area contributed by atoms with Gasteiger partial charge in [0.25, 0.3) is 10.0 Å². The summed E-state index contributed by atoms with van der Waals surface area (Å²) in [7, 11) is -4.05. The van der Waals surface area contributed by atoms with Crippen molar-refractivity contribution >= 4 is 44.8 Å². The largest absolute Gasteiger partial charge is 0.494 e. The Bertz CT molecular complexity index is 1170. The zero-order valence-electron chi connectivity index (χ0n) is 17.3. The highest BCUT2D eigenvalue weighted by Crippen LogP contribution is 2.29. The van der Waals surface area contributed by atoms with E-state index >= 15 is 0 Å². The molecule has 9 heteroatoms. The van der Waals surface area contributed by atoms with Crippen LogP contribution >= 0.6 is 23.2 Å². The molecule has 3 rings (SSSR count). The first-order valence-electron chi connectivity index (χ1n) is 9.82. The van der Waals surface area contributed by atoms with Crippen LogP contribution in [0.1, 0.15) is 12.5 Å². The van der Waals surface area contributed by atoms with Crippen molar-refractivity contribution in [2.45, 2.75) is 18.4 Å². The second-order valence-corrected chi connectivity index (χ2v) is 9.51. The molecule has 0 saturated carbocycles. The van der Waals surface area contributed by atoms with Gasteiger partial charge in [-0.3, -0.25) is 9.10 Å². The SMILES string of the molecule is CCOc1ccccc1CNC(=O)CN(c1cc(Cl)cc(Cl)c1)S(=O)(=O)c1ccccc1. The lowest BCUT2D eigenvalue weighted by Gasteiger charge is -2.24. The third kappa shape index (κ3) is 5.94. The number of sulfonamides is 1. The molecule has 0 saturated heterocycles. The molecule has 0 bridgehead atoms. The van der Waals surface area contributed by atoms with Gasteiger partial charge in [-0.2, -0.15) is 0 Å². The third-order valence-electron chi connectivity index (χ3n) is 4.50. The van der Waals surface area contributed by atoms with E-state index in [9.17, 15) is 13.2 Å². The van der Waals surface area contributed by atoms with Crippen LogP contribution in [-0.4, -0.2) is 27.5 Å². The molecule has 0 aliphatic rings. The number of nitrogens with zero attached hydrogens (tertiary/aromatic N) is 1. The van der Waals surface area contributed by atoms with Crippen LogP contribution < -0.4 is 14.4 Å². The fourth-order valence-corrected chi connectivity index (χ4v) is 4.98. The number of hydrogen-bond donors (Lipinski definition) is 1. The molecule has 0 heterocycles. The van der Waals surface area contributed by atoms with Crippen LogP contribution in [0.3, 0.4) is 0 Å². The van der Waals surface area contributed by atoms with Gasteiger partial charge in [0.2, 0.25) is 5.91 Å². The molecule has 1 amide bonds. The predicted octanol–water partition coefficient (Wildman–Crippen LogP) is 4.90. The van der Waals surface area contributed by atoms with Gasteiger partial charge in [0.15, 0.2) is 0 Å². The number of ether oxygens (including phenoxy) is 1. The number of carbonyl (C=O) groups is 1. The number of benzene rings is 3. The molecule has 3 aromatic carbocycles. The summed E-state index contributed by atoms with van der Waals surface area (Å²) < 4.78 is 33.2. The van der Waals surface area contributed by atoms with E-state index in [4.69, 9.17) is 27.9 Å². The second kappa shape index (κ2) is 10.7. The smallest absolute Gasteiger partial charge is 0.264 e. The van der Waals surface area contributed by atoms with E-state index in [1.807, 2.05) is 31.2 Å². The van der Waals surface area contributed by atoms with Crippen LogP contribution in [0.2, 0.25) is 10.0 Å². The monoisotopic (exact) mass is 492 g/mol. The quantitative estimate of drug-likeness (QED) is 0.460. The van der Waals surface area contributed by atoms with Gasteiger partial charge >= 0.3 is 0 Å². The number of para-hydroxylation sites is 1. The van der Waals surface area contributed by atoms with Crippen LogP contribution in [0.5, 0.6) is 5.75 Å². The Kier molecular flexibility index (Phi) is 8.01. The van der Waals surface area contributed by atoms with Crippen molar-refractivity contribution in [1.29, 1.82) is 0 Å². The second-order valence-electron chi connectivity index (χ2n) is 6.77. The summed E-state index contributed by atoms with van der Waals surface area (Å²) in [4.78, 5) is 12.8.